The van der Waals surface area contributed by atoms with Crippen LogP contribution in [0, 0.1) is 6.92 Å². The number of phenols is 1. The molecule has 118 valence electrons. The number of benzene rings is 1. The number of carbonyl (C=O) groups is 1. The van der Waals surface area contributed by atoms with Gasteiger partial charge in [-0.05, 0) is 37.0 Å². The maximum Gasteiger partial charge on any atom is 0.311 e. The first-order valence-electron chi connectivity index (χ1n) is 7.99. The molecule has 0 atom stereocenters. The van der Waals surface area contributed by atoms with Crippen LogP contribution in [0.4, 0.5) is 0 Å². The van der Waals surface area contributed by atoms with Gasteiger partial charge in [-0.1, -0.05) is 46.5 Å². The van der Waals surface area contributed by atoms with Gasteiger partial charge in [-0.25, -0.2) is 0 Å². The van der Waals surface area contributed by atoms with Crippen LogP contribution in [-0.2, 0) is 4.79 Å². The van der Waals surface area contributed by atoms with Crippen molar-refractivity contribution in [3.8, 4) is 11.5 Å². The molecule has 0 amide bonds. The Balaban J connectivity index is 2.57. The maximum atomic E-state index is 11.9. The molecule has 0 saturated carbocycles. The van der Waals surface area contributed by atoms with Crippen LogP contribution in [0.5, 0.6) is 11.5 Å². The van der Waals surface area contributed by atoms with E-state index in [0.717, 1.165) is 24.0 Å². The summed E-state index contributed by atoms with van der Waals surface area (Å²) in [5.41, 5.74) is 1.60. The summed E-state index contributed by atoms with van der Waals surface area (Å²) in [7, 11) is 0. The number of hydrogen-bond donors (Lipinski definition) is 1. The van der Waals surface area contributed by atoms with Crippen LogP contribution in [0.2, 0.25) is 0 Å². The van der Waals surface area contributed by atoms with E-state index in [0.29, 0.717) is 12.2 Å². The third kappa shape index (κ3) is 5.78. The van der Waals surface area contributed by atoms with Crippen LogP contribution in [-0.4, -0.2) is 11.1 Å². The average molecular weight is 292 g/mol. The van der Waals surface area contributed by atoms with E-state index in [1.807, 2.05) is 20.8 Å². The average Bonchev–Trinajstić information content (AvgIpc) is 2.41. The Hall–Kier alpha value is -1.51. The number of rotatable bonds is 8. The fourth-order valence-corrected chi connectivity index (χ4v) is 2.31. The van der Waals surface area contributed by atoms with Crippen LogP contribution < -0.4 is 4.74 Å². The predicted molar refractivity (Wildman–Crippen MR) is 85.9 cm³/mol. The van der Waals surface area contributed by atoms with Crippen LogP contribution in [0.25, 0.3) is 0 Å². The van der Waals surface area contributed by atoms with Gasteiger partial charge >= 0.3 is 5.97 Å². The first kappa shape index (κ1) is 17.5. The standard InChI is InChI=1S/C18H28O3/c1-5-6-7-8-9-10-18(20)21-17-12-15(13(2)3)16(19)11-14(17)4/h11-13,19H,5-10H2,1-4H3. The van der Waals surface area contributed by atoms with Crippen molar-refractivity contribution in [2.45, 2.75) is 72.1 Å². The van der Waals surface area contributed by atoms with Crippen molar-refractivity contribution < 1.29 is 14.6 Å². The van der Waals surface area contributed by atoms with E-state index < -0.39 is 0 Å². The topological polar surface area (TPSA) is 46.5 Å². The fourth-order valence-electron chi connectivity index (χ4n) is 2.31. The van der Waals surface area contributed by atoms with Crippen molar-refractivity contribution in [2.75, 3.05) is 0 Å². The van der Waals surface area contributed by atoms with Gasteiger partial charge in [0.1, 0.15) is 11.5 Å². The highest BCUT2D eigenvalue weighted by molar-refractivity contribution is 5.73. The van der Waals surface area contributed by atoms with E-state index in [1.165, 1.54) is 19.3 Å². The lowest BCUT2D eigenvalue weighted by atomic mass is 10.00. The number of carbonyl (C=O) groups excluding carboxylic acids is 1. The van der Waals surface area contributed by atoms with Crippen molar-refractivity contribution >= 4 is 5.97 Å². The predicted octanol–water partition coefficient (Wildman–Crippen LogP) is 5.09. The van der Waals surface area contributed by atoms with Crippen LogP contribution in [0.3, 0.4) is 0 Å². The van der Waals surface area contributed by atoms with Crippen molar-refractivity contribution in [1.29, 1.82) is 0 Å². The SMILES string of the molecule is CCCCCCCC(=O)Oc1cc(C(C)C)c(O)cc1C. The molecule has 0 bridgehead atoms. The molecule has 0 aliphatic carbocycles. The van der Waals surface area contributed by atoms with E-state index in [4.69, 9.17) is 4.74 Å². The molecule has 0 heterocycles. The van der Waals surface area contributed by atoms with Crippen LogP contribution in [0.15, 0.2) is 12.1 Å². The molecule has 0 aliphatic rings. The zero-order valence-electron chi connectivity index (χ0n) is 13.7. The summed E-state index contributed by atoms with van der Waals surface area (Å²) < 4.78 is 5.45. The summed E-state index contributed by atoms with van der Waals surface area (Å²) >= 11 is 0. The highest BCUT2D eigenvalue weighted by Crippen LogP contribution is 2.32. The molecular formula is C18H28O3. The van der Waals surface area contributed by atoms with Crippen molar-refractivity contribution in [2.24, 2.45) is 0 Å². The van der Waals surface area contributed by atoms with Crippen molar-refractivity contribution in [3.63, 3.8) is 0 Å². The molecule has 1 aromatic rings. The Bertz CT molecular complexity index is 464. The van der Waals surface area contributed by atoms with Gasteiger partial charge in [0.25, 0.3) is 0 Å². The summed E-state index contributed by atoms with van der Waals surface area (Å²) in [6, 6.07) is 3.45. The largest absolute Gasteiger partial charge is 0.508 e. The molecule has 0 aromatic heterocycles. The second-order valence-electron chi connectivity index (χ2n) is 5.97. The summed E-state index contributed by atoms with van der Waals surface area (Å²) in [6.45, 7) is 8.02. The third-order valence-corrected chi connectivity index (χ3v) is 3.65. The third-order valence-electron chi connectivity index (χ3n) is 3.65. The number of phenolic OH excluding ortho intramolecular Hbond substituents is 1. The summed E-state index contributed by atoms with van der Waals surface area (Å²) in [5, 5.41) is 9.90. The molecule has 1 aromatic carbocycles. The molecule has 0 spiro atoms. The molecular weight excluding hydrogens is 264 g/mol. The Morgan fingerprint density at radius 1 is 1.19 bits per heavy atom. The maximum absolute atomic E-state index is 11.9. The molecule has 3 nitrogen and oxygen atoms in total. The molecule has 0 aliphatic heterocycles. The second-order valence-corrected chi connectivity index (χ2v) is 5.97. The van der Waals surface area contributed by atoms with Gasteiger partial charge in [0.15, 0.2) is 0 Å². The Morgan fingerprint density at radius 2 is 1.86 bits per heavy atom. The van der Waals surface area contributed by atoms with Gasteiger partial charge in [0, 0.05) is 12.0 Å². The molecule has 0 radical (unpaired) electrons. The fraction of sp³-hybridized carbons (Fsp3) is 0.611. The van der Waals surface area contributed by atoms with Gasteiger partial charge in [-0.15, -0.1) is 0 Å². The molecule has 0 unspecified atom stereocenters. The number of aryl methyl sites for hydroxylation is 1. The van der Waals surface area contributed by atoms with Gasteiger partial charge in [0.05, 0.1) is 0 Å². The van der Waals surface area contributed by atoms with E-state index in [9.17, 15) is 9.90 Å². The lowest BCUT2D eigenvalue weighted by molar-refractivity contribution is -0.134. The highest BCUT2D eigenvalue weighted by atomic mass is 16.5. The smallest absolute Gasteiger partial charge is 0.311 e. The summed E-state index contributed by atoms with van der Waals surface area (Å²) in [5.74, 6) is 0.837. The van der Waals surface area contributed by atoms with E-state index in [-0.39, 0.29) is 17.6 Å². The first-order chi connectivity index (χ1) is 9.95. The molecule has 1 N–H and O–H groups in total. The number of unbranched alkanes of at least 4 members (excludes halogenated alkanes) is 4. The molecule has 3 heteroatoms. The minimum absolute atomic E-state index is 0.185. The zero-order valence-corrected chi connectivity index (χ0v) is 13.7. The Labute approximate surface area is 128 Å². The van der Waals surface area contributed by atoms with Gasteiger partial charge < -0.3 is 9.84 Å². The number of aromatic hydroxyl groups is 1. The van der Waals surface area contributed by atoms with Gasteiger partial charge in [-0.2, -0.15) is 0 Å². The number of ether oxygens (including phenoxy) is 1. The van der Waals surface area contributed by atoms with Crippen LogP contribution in [0.1, 0.15) is 76.3 Å². The Kier molecular flexibility index (Phi) is 7.27. The lowest BCUT2D eigenvalue weighted by Crippen LogP contribution is -2.09. The zero-order chi connectivity index (χ0) is 15.8. The van der Waals surface area contributed by atoms with Gasteiger partial charge in [0.2, 0.25) is 0 Å². The minimum atomic E-state index is -0.185. The quantitative estimate of drug-likeness (QED) is 0.412. The van der Waals surface area contributed by atoms with Crippen molar-refractivity contribution in [1.82, 2.24) is 0 Å². The minimum Gasteiger partial charge on any atom is -0.508 e. The second kappa shape index (κ2) is 8.71. The van der Waals surface area contributed by atoms with Gasteiger partial charge in [-0.3, -0.25) is 4.79 Å². The molecule has 1 rings (SSSR count). The summed E-state index contributed by atoms with van der Waals surface area (Å²) in [4.78, 5) is 11.9. The lowest BCUT2D eigenvalue weighted by Gasteiger charge is -2.13. The normalized spacial score (nSPS) is 10.9. The first-order valence-corrected chi connectivity index (χ1v) is 7.99. The van der Waals surface area contributed by atoms with E-state index in [2.05, 4.69) is 6.92 Å². The highest BCUT2D eigenvalue weighted by Gasteiger charge is 2.13. The van der Waals surface area contributed by atoms with E-state index in [1.54, 1.807) is 12.1 Å². The Morgan fingerprint density at radius 3 is 2.48 bits per heavy atom. The van der Waals surface area contributed by atoms with E-state index >= 15 is 0 Å². The number of esters is 1. The molecule has 21 heavy (non-hydrogen) atoms. The van der Waals surface area contributed by atoms with Crippen molar-refractivity contribution in [3.05, 3.63) is 23.3 Å². The summed E-state index contributed by atoms with van der Waals surface area (Å²) in [6.07, 6.45) is 6.03. The monoisotopic (exact) mass is 292 g/mol. The van der Waals surface area contributed by atoms with Crippen LogP contribution >= 0.6 is 0 Å². The molecule has 0 fully saturated rings. The molecule has 0 saturated heterocycles. The number of hydrogen-bond acceptors (Lipinski definition) is 3.